The first-order valence-electron chi connectivity index (χ1n) is 9.52. The molecule has 7 nitrogen and oxygen atoms in total. The van der Waals surface area contributed by atoms with Gasteiger partial charge in [-0.25, -0.2) is 4.98 Å². The lowest BCUT2D eigenvalue weighted by molar-refractivity contribution is -0.137. The number of fused-ring (bicyclic) bond motifs is 1. The van der Waals surface area contributed by atoms with E-state index in [-0.39, 0.29) is 46.9 Å². The molecule has 2 aliphatic heterocycles. The fraction of sp³-hybridized carbons (Fsp3) is 0.579. The molecule has 0 spiro atoms. The Balaban J connectivity index is 1.51. The van der Waals surface area contributed by atoms with Crippen molar-refractivity contribution in [3.05, 3.63) is 23.0 Å². The highest BCUT2D eigenvalue weighted by molar-refractivity contribution is 5.89. The summed E-state index contributed by atoms with van der Waals surface area (Å²) in [4.78, 5) is 31.9. The molecule has 4 heterocycles. The van der Waals surface area contributed by atoms with Crippen LogP contribution in [-0.4, -0.2) is 58.4 Å². The lowest BCUT2D eigenvalue weighted by Gasteiger charge is -2.33. The molecule has 2 fully saturated rings. The van der Waals surface area contributed by atoms with Gasteiger partial charge in [0.25, 0.3) is 5.71 Å². The van der Waals surface area contributed by atoms with E-state index in [4.69, 9.17) is 4.52 Å². The number of aryl methyl sites for hydroxylation is 1. The van der Waals surface area contributed by atoms with E-state index in [2.05, 4.69) is 10.1 Å². The van der Waals surface area contributed by atoms with Crippen molar-refractivity contribution in [2.45, 2.75) is 38.3 Å². The van der Waals surface area contributed by atoms with E-state index in [1.54, 1.807) is 16.8 Å². The first kappa shape index (κ1) is 19.7. The second kappa shape index (κ2) is 7.00. The van der Waals surface area contributed by atoms with Crippen LogP contribution in [0.4, 0.5) is 13.2 Å². The average molecular weight is 410 g/mol. The number of nitrogens with zero attached hydrogens (tertiary/aromatic N) is 4. The van der Waals surface area contributed by atoms with Crippen molar-refractivity contribution in [3.63, 3.8) is 0 Å². The van der Waals surface area contributed by atoms with Gasteiger partial charge in [0.15, 0.2) is 0 Å². The van der Waals surface area contributed by atoms with Gasteiger partial charge in [-0.05, 0) is 25.8 Å². The molecule has 0 aromatic carbocycles. The van der Waals surface area contributed by atoms with Gasteiger partial charge < -0.3 is 14.3 Å². The number of hydrogen-bond acceptors (Lipinski definition) is 5. The van der Waals surface area contributed by atoms with Crippen LogP contribution in [0.2, 0.25) is 0 Å². The van der Waals surface area contributed by atoms with Gasteiger partial charge in [0.05, 0.1) is 22.6 Å². The van der Waals surface area contributed by atoms with Gasteiger partial charge in [0.2, 0.25) is 11.8 Å². The number of hydrogen-bond donors (Lipinski definition) is 0. The summed E-state index contributed by atoms with van der Waals surface area (Å²) in [5, 5.41) is 3.52. The van der Waals surface area contributed by atoms with Crippen molar-refractivity contribution in [2.24, 2.45) is 5.92 Å². The number of aromatic nitrogens is 2. The topological polar surface area (TPSA) is 79.5 Å². The number of piperidine rings is 1. The summed E-state index contributed by atoms with van der Waals surface area (Å²) in [7, 11) is 1.67. The highest BCUT2D eigenvalue weighted by Crippen LogP contribution is 2.39. The van der Waals surface area contributed by atoms with E-state index in [9.17, 15) is 22.8 Å². The van der Waals surface area contributed by atoms with Gasteiger partial charge in [0.1, 0.15) is 0 Å². The minimum atomic E-state index is -4.54. The van der Waals surface area contributed by atoms with E-state index in [0.717, 1.165) is 6.07 Å². The van der Waals surface area contributed by atoms with Crippen LogP contribution in [0, 0.1) is 12.8 Å². The fourth-order valence-corrected chi connectivity index (χ4v) is 4.23. The maximum atomic E-state index is 13.5. The number of rotatable bonds is 2. The smallest absolute Gasteiger partial charge is 0.345 e. The van der Waals surface area contributed by atoms with Crippen LogP contribution in [0.25, 0.3) is 11.1 Å². The summed E-state index contributed by atoms with van der Waals surface area (Å²) in [6.45, 7) is 2.72. The maximum absolute atomic E-state index is 13.5. The second-order valence-electron chi connectivity index (χ2n) is 7.82. The molecule has 1 atom stereocenters. The Morgan fingerprint density at radius 3 is 2.55 bits per heavy atom. The van der Waals surface area contributed by atoms with Crippen molar-refractivity contribution >= 4 is 22.9 Å². The Labute approximate surface area is 164 Å². The molecule has 0 aliphatic carbocycles. The third-order valence-electron chi connectivity index (χ3n) is 5.86. The molecule has 29 heavy (non-hydrogen) atoms. The van der Waals surface area contributed by atoms with Crippen LogP contribution >= 0.6 is 0 Å². The molecule has 2 aromatic rings. The van der Waals surface area contributed by atoms with Crippen molar-refractivity contribution in [1.29, 1.82) is 0 Å². The van der Waals surface area contributed by atoms with Crippen LogP contribution in [0.1, 0.15) is 42.1 Å². The zero-order valence-corrected chi connectivity index (χ0v) is 16.1. The third-order valence-corrected chi connectivity index (χ3v) is 5.86. The quantitative estimate of drug-likeness (QED) is 0.761. The van der Waals surface area contributed by atoms with Crippen LogP contribution in [-0.2, 0) is 15.8 Å². The van der Waals surface area contributed by atoms with Crippen LogP contribution in [0.3, 0.4) is 0 Å². The van der Waals surface area contributed by atoms with Gasteiger partial charge in [0, 0.05) is 44.7 Å². The van der Waals surface area contributed by atoms with E-state index in [0.29, 0.717) is 38.2 Å². The molecule has 2 aliphatic rings. The van der Waals surface area contributed by atoms with Crippen LogP contribution < -0.4 is 0 Å². The number of carbonyl (C=O) groups excluding carboxylic acids is 2. The molecule has 0 bridgehead atoms. The zero-order valence-electron chi connectivity index (χ0n) is 16.1. The first-order valence-corrected chi connectivity index (χ1v) is 9.52. The summed E-state index contributed by atoms with van der Waals surface area (Å²) in [6.07, 6.45) is -3.31. The van der Waals surface area contributed by atoms with Gasteiger partial charge in [-0.15, -0.1) is 0 Å². The fourth-order valence-electron chi connectivity index (χ4n) is 4.23. The number of halogens is 3. The third kappa shape index (κ3) is 3.56. The summed E-state index contributed by atoms with van der Waals surface area (Å²) in [6, 6.07) is 1.08. The van der Waals surface area contributed by atoms with E-state index in [1.807, 2.05) is 0 Å². The minimum Gasteiger partial charge on any atom is -0.345 e. The van der Waals surface area contributed by atoms with E-state index >= 15 is 0 Å². The Bertz CT molecular complexity index is 963. The Hall–Kier alpha value is -2.65. The van der Waals surface area contributed by atoms with Gasteiger partial charge >= 0.3 is 6.18 Å². The van der Waals surface area contributed by atoms with Gasteiger partial charge in [-0.2, -0.15) is 13.2 Å². The summed E-state index contributed by atoms with van der Waals surface area (Å²) >= 11 is 0. The molecule has 2 amide bonds. The lowest BCUT2D eigenvalue weighted by Crippen LogP contribution is -2.42. The van der Waals surface area contributed by atoms with Crippen molar-refractivity contribution in [2.75, 3.05) is 26.7 Å². The van der Waals surface area contributed by atoms with Crippen LogP contribution in [0.15, 0.2) is 10.6 Å². The molecule has 0 N–H and O–H groups in total. The summed E-state index contributed by atoms with van der Waals surface area (Å²) in [5.74, 6) is -0.653. The summed E-state index contributed by atoms with van der Waals surface area (Å²) < 4.78 is 45.6. The number of likely N-dealkylation sites (tertiary alicyclic amines) is 2. The molecule has 2 saturated heterocycles. The SMILES string of the molecule is Cc1noc2nc(C3CCN(C(=O)C4CC(=O)N(C)C4)CC3)cc(C(F)(F)F)c12. The monoisotopic (exact) mass is 410 g/mol. The molecule has 0 radical (unpaired) electrons. The molecule has 2 aromatic heterocycles. The predicted molar refractivity (Wildman–Crippen MR) is 95.8 cm³/mol. The lowest BCUT2D eigenvalue weighted by atomic mass is 9.91. The maximum Gasteiger partial charge on any atom is 0.417 e. The standard InChI is InChI=1S/C19H21F3N4O3/c1-10-16-13(19(20,21)22)8-14(23-17(16)29-24-10)11-3-5-26(6-4-11)18(28)12-7-15(27)25(2)9-12/h8,11-12H,3-7,9H2,1-2H3. The number of amides is 2. The van der Waals surface area contributed by atoms with E-state index < -0.39 is 11.7 Å². The number of alkyl halides is 3. The molecule has 10 heteroatoms. The predicted octanol–water partition coefficient (Wildman–Crippen LogP) is 2.73. The van der Waals surface area contributed by atoms with Gasteiger partial charge in [-0.3, -0.25) is 9.59 Å². The molecule has 1 unspecified atom stereocenters. The molecular weight excluding hydrogens is 389 g/mol. The average Bonchev–Trinajstić information content (AvgIpc) is 3.22. The Morgan fingerprint density at radius 1 is 1.28 bits per heavy atom. The molecule has 4 rings (SSSR count). The van der Waals surface area contributed by atoms with Crippen molar-refractivity contribution < 1.29 is 27.3 Å². The molecular formula is C19H21F3N4O3. The largest absolute Gasteiger partial charge is 0.417 e. The summed E-state index contributed by atoms with van der Waals surface area (Å²) in [5.41, 5.74) is -0.438. The first-order chi connectivity index (χ1) is 13.6. The molecule has 156 valence electrons. The number of carbonyl (C=O) groups is 2. The highest BCUT2D eigenvalue weighted by atomic mass is 19.4. The van der Waals surface area contributed by atoms with E-state index in [1.165, 1.54) is 6.92 Å². The van der Waals surface area contributed by atoms with Crippen LogP contribution in [0.5, 0.6) is 0 Å². The second-order valence-corrected chi connectivity index (χ2v) is 7.82. The van der Waals surface area contributed by atoms with Crippen molar-refractivity contribution in [1.82, 2.24) is 19.9 Å². The normalized spacial score (nSPS) is 21.4. The van der Waals surface area contributed by atoms with Gasteiger partial charge in [-0.1, -0.05) is 5.16 Å². The Kier molecular flexibility index (Phi) is 4.74. The van der Waals surface area contributed by atoms with Crippen molar-refractivity contribution in [3.8, 4) is 0 Å². The minimum absolute atomic E-state index is 0.0437. The molecule has 0 saturated carbocycles. The highest BCUT2D eigenvalue weighted by Gasteiger charge is 2.38. The Morgan fingerprint density at radius 2 is 1.97 bits per heavy atom. The number of pyridine rings is 1. The zero-order chi connectivity index (χ0) is 20.9.